The highest BCUT2D eigenvalue weighted by molar-refractivity contribution is 5.78. The van der Waals surface area contributed by atoms with Gasteiger partial charge >= 0.3 is 0 Å². The number of aromatic nitrogens is 1. The Labute approximate surface area is 91.2 Å². The number of aryl methyl sites for hydroxylation is 1. The van der Waals surface area contributed by atoms with Gasteiger partial charge in [-0.15, -0.1) is 0 Å². The Morgan fingerprint density at radius 2 is 1.94 bits per heavy atom. The Bertz CT molecular complexity index is 573. The fourth-order valence-electron chi connectivity index (χ4n) is 1.48. The zero-order valence-electron chi connectivity index (χ0n) is 8.37. The molecule has 0 bridgehead atoms. The van der Waals surface area contributed by atoms with E-state index >= 15 is 0 Å². The highest BCUT2D eigenvalue weighted by Crippen LogP contribution is 2.17. The summed E-state index contributed by atoms with van der Waals surface area (Å²) in [6.07, 6.45) is 0.883. The van der Waals surface area contributed by atoms with Crippen LogP contribution < -0.4 is 0 Å². The molecule has 0 aliphatic heterocycles. The Balaban J connectivity index is 2.46. The molecule has 1 aromatic heterocycles. The van der Waals surface area contributed by atoms with Crippen molar-refractivity contribution in [2.75, 3.05) is 0 Å². The highest BCUT2D eigenvalue weighted by Gasteiger charge is 2.05. The van der Waals surface area contributed by atoms with Gasteiger partial charge in [0.25, 0.3) is 0 Å². The van der Waals surface area contributed by atoms with Crippen LogP contribution in [0.1, 0.15) is 12.1 Å². The summed E-state index contributed by atoms with van der Waals surface area (Å²) in [5.74, 6) is -1.78. The Morgan fingerprint density at radius 3 is 2.69 bits per heavy atom. The van der Waals surface area contributed by atoms with E-state index in [1.165, 1.54) is 0 Å². The second kappa shape index (κ2) is 4.23. The molecule has 0 fully saturated rings. The normalized spacial score (nSPS) is 10.3. The summed E-state index contributed by atoms with van der Waals surface area (Å²) in [7, 11) is 0. The molecule has 2 aromatic rings. The third-order valence-electron chi connectivity index (χ3n) is 2.28. The van der Waals surface area contributed by atoms with Crippen LogP contribution in [-0.4, -0.2) is 4.98 Å². The molecule has 0 amide bonds. The van der Waals surface area contributed by atoms with Crippen molar-refractivity contribution in [3.05, 3.63) is 41.6 Å². The van der Waals surface area contributed by atoms with E-state index in [1.54, 1.807) is 12.1 Å². The lowest BCUT2D eigenvalue weighted by atomic mass is 10.1. The third kappa shape index (κ3) is 1.98. The summed E-state index contributed by atoms with van der Waals surface area (Å²) >= 11 is 0. The average molecular weight is 218 g/mol. The van der Waals surface area contributed by atoms with Gasteiger partial charge in [0.2, 0.25) is 0 Å². The average Bonchev–Trinajstić information content (AvgIpc) is 2.28. The van der Waals surface area contributed by atoms with Crippen LogP contribution in [0.25, 0.3) is 10.9 Å². The number of hydrogen-bond acceptors (Lipinski definition) is 2. The zero-order chi connectivity index (χ0) is 11.5. The van der Waals surface area contributed by atoms with Crippen molar-refractivity contribution in [1.82, 2.24) is 4.98 Å². The van der Waals surface area contributed by atoms with Crippen molar-refractivity contribution < 1.29 is 8.78 Å². The van der Waals surface area contributed by atoms with Crippen LogP contribution >= 0.6 is 0 Å². The van der Waals surface area contributed by atoms with Crippen molar-refractivity contribution in [1.29, 1.82) is 5.26 Å². The van der Waals surface area contributed by atoms with Gasteiger partial charge in [-0.25, -0.2) is 8.78 Å². The number of nitrogens with zero attached hydrogens (tertiary/aromatic N) is 2. The molecule has 1 heterocycles. The first kappa shape index (κ1) is 10.5. The van der Waals surface area contributed by atoms with Gasteiger partial charge in [-0.1, -0.05) is 6.07 Å². The molecule has 0 saturated carbocycles. The van der Waals surface area contributed by atoms with E-state index in [1.807, 2.05) is 6.07 Å². The lowest BCUT2D eigenvalue weighted by molar-refractivity contribution is 0.510. The van der Waals surface area contributed by atoms with Crippen LogP contribution in [0, 0.1) is 23.0 Å². The van der Waals surface area contributed by atoms with Crippen LogP contribution in [0.2, 0.25) is 0 Å². The van der Waals surface area contributed by atoms with Gasteiger partial charge in [-0.05, 0) is 12.1 Å². The molecular formula is C12H8F2N2. The predicted molar refractivity (Wildman–Crippen MR) is 55.6 cm³/mol. The highest BCUT2D eigenvalue weighted by atomic mass is 19.2. The molecule has 0 aliphatic carbocycles. The monoisotopic (exact) mass is 218 g/mol. The SMILES string of the molecule is N#CCCc1ccc2cc(F)c(F)cc2n1. The maximum absolute atomic E-state index is 13.0. The second-order valence-corrected chi connectivity index (χ2v) is 3.42. The van der Waals surface area contributed by atoms with Crippen molar-refractivity contribution in [2.45, 2.75) is 12.8 Å². The molecule has 0 saturated heterocycles. The van der Waals surface area contributed by atoms with Gasteiger partial charge in [0.1, 0.15) is 0 Å². The fourth-order valence-corrected chi connectivity index (χ4v) is 1.48. The molecular weight excluding hydrogens is 210 g/mol. The lowest BCUT2D eigenvalue weighted by Crippen LogP contribution is -1.92. The van der Waals surface area contributed by atoms with Crippen LogP contribution in [0.15, 0.2) is 24.3 Å². The van der Waals surface area contributed by atoms with Gasteiger partial charge in [0.15, 0.2) is 11.6 Å². The summed E-state index contributed by atoms with van der Waals surface area (Å²) < 4.78 is 25.9. The number of nitriles is 1. The summed E-state index contributed by atoms with van der Waals surface area (Å²) in [4.78, 5) is 4.16. The minimum absolute atomic E-state index is 0.363. The molecule has 0 N–H and O–H groups in total. The van der Waals surface area contributed by atoms with Gasteiger partial charge < -0.3 is 0 Å². The van der Waals surface area contributed by atoms with Crippen LogP contribution in [0.3, 0.4) is 0 Å². The molecule has 2 rings (SSSR count). The van der Waals surface area contributed by atoms with Gasteiger partial charge in [0.05, 0.1) is 11.6 Å². The summed E-state index contributed by atoms with van der Waals surface area (Å²) in [6, 6.07) is 7.59. The Hall–Kier alpha value is -2.02. The minimum atomic E-state index is -0.905. The maximum Gasteiger partial charge on any atom is 0.161 e. The molecule has 4 heteroatoms. The van der Waals surface area contributed by atoms with E-state index in [-0.39, 0.29) is 0 Å². The van der Waals surface area contributed by atoms with Crippen LogP contribution in [-0.2, 0) is 6.42 Å². The van der Waals surface area contributed by atoms with E-state index in [9.17, 15) is 8.78 Å². The summed E-state index contributed by atoms with van der Waals surface area (Å²) in [5.41, 5.74) is 1.12. The molecule has 0 aliphatic rings. The lowest BCUT2D eigenvalue weighted by Gasteiger charge is -2.01. The number of benzene rings is 1. The van der Waals surface area contributed by atoms with Gasteiger partial charge in [-0.3, -0.25) is 4.98 Å². The molecule has 2 nitrogen and oxygen atoms in total. The minimum Gasteiger partial charge on any atom is -0.253 e. The topological polar surface area (TPSA) is 36.7 Å². The molecule has 16 heavy (non-hydrogen) atoms. The molecule has 0 unspecified atom stereocenters. The van der Waals surface area contributed by atoms with Crippen LogP contribution in [0.4, 0.5) is 8.78 Å². The maximum atomic E-state index is 13.0. The molecule has 0 atom stereocenters. The van der Waals surface area contributed by atoms with Crippen molar-refractivity contribution in [2.24, 2.45) is 0 Å². The first-order valence-electron chi connectivity index (χ1n) is 4.82. The smallest absolute Gasteiger partial charge is 0.161 e. The summed E-state index contributed by atoms with van der Waals surface area (Å²) in [6.45, 7) is 0. The first-order valence-corrected chi connectivity index (χ1v) is 4.82. The van der Waals surface area contributed by atoms with Crippen LogP contribution in [0.5, 0.6) is 0 Å². The summed E-state index contributed by atoms with van der Waals surface area (Å²) in [5, 5.41) is 8.99. The van der Waals surface area contributed by atoms with Crippen molar-refractivity contribution in [3.8, 4) is 6.07 Å². The molecule has 1 aromatic carbocycles. The number of fused-ring (bicyclic) bond motifs is 1. The zero-order valence-corrected chi connectivity index (χ0v) is 8.37. The Kier molecular flexibility index (Phi) is 2.78. The molecule has 80 valence electrons. The predicted octanol–water partition coefficient (Wildman–Crippen LogP) is 2.97. The van der Waals surface area contributed by atoms with E-state index < -0.39 is 11.6 Å². The van der Waals surface area contributed by atoms with E-state index in [0.29, 0.717) is 29.4 Å². The first-order chi connectivity index (χ1) is 7.70. The molecule has 0 spiro atoms. The second-order valence-electron chi connectivity index (χ2n) is 3.42. The number of halogens is 2. The fraction of sp³-hybridized carbons (Fsp3) is 0.167. The standard InChI is InChI=1S/C12H8F2N2/c13-10-6-8-3-4-9(2-1-5-15)16-12(8)7-11(10)14/h3-4,6-7H,1-2H2. The number of hydrogen-bond donors (Lipinski definition) is 0. The van der Waals surface area contributed by atoms with Gasteiger partial charge in [0, 0.05) is 30.0 Å². The Morgan fingerprint density at radius 1 is 1.19 bits per heavy atom. The van der Waals surface area contributed by atoms with E-state index in [2.05, 4.69) is 4.98 Å². The molecule has 0 radical (unpaired) electrons. The van der Waals surface area contributed by atoms with Gasteiger partial charge in [-0.2, -0.15) is 5.26 Å². The van der Waals surface area contributed by atoms with Crippen molar-refractivity contribution >= 4 is 10.9 Å². The largest absolute Gasteiger partial charge is 0.253 e. The number of rotatable bonds is 2. The number of pyridine rings is 1. The quantitative estimate of drug-likeness (QED) is 0.776. The van der Waals surface area contributed by atoms with E-state index in [0.717, 1.165) is 12.1 Å². The van der Waals surface area contributed by atoms with Crippen molar-refractivity contribution in [3.63, 3.8) is 0 Å². The third-order valence-corrected chi connectivity index (χ3v) is 2.28. The van der Waals surface area contributed by atoms with E-state index in [4.69, 9.17) is 5.26 Å².